The molecule has 1 amide bonds. The number of methoxy groups -OCH3 is 2. The highest BCUT2D eigenvalue weighted by atomic mass is 16.5. The molecule has 29 heavy (non-hydrogen) atoms. The molecule has 0 atom stereocenters. The quantitative estimate of drug-likeness (QED) is 0.682. The molecule has 1 heterocycles. The van der Waals surface area contributed by atoms with E-state index >= 15 is 0 Å². The van der Waals surface area contributed by atoms with Crippen LogP contribution in [-0.4, -0.2) is 56.1 Å². The molecule has 0 N–H and O–H groups in total. The fourth-order valence-electron chi connectivity index (χ4n) is 3.64. The summed E-state index contributed by atoms with van der Waals surface area (Å²) in [6, 6.07) is 16.3. The molecule has 2 aromatic rings. The van der Waals surface area contributed by atoms with Crippen molar-refractivity contribution in [3.63, 3.8) is 0 Å². The zero-order valence-corrected chi connectivity index (χ0v) is 17.6. The maximum absolute atomic E-state index is 12.9. The Hall–Kier alpha value is -2.79. The van der Waals surface area contributed by atoms with Crippen molar-refractivity contribution in [2.24, 2.45) is 0 Å². The van der Waals surface area contributed by atoms with Crippen molar-refractivity contribution in [1.29, 1.82) is 0 Å². The molecule has 0 radical (unpaired) electrons. The summed E-state index contributed by atoms with van der Waals surface area (Å²) in [6.45, 7) is 5.41. The number of amides is 1. The van der Waals surface area contributed by atoms with Crippen LogP contribution in [0.1, 0.15) is 24.5 Å². The predicted octanol–water partition coefficient (Wildman–Crippen LogP) is 3.84. The molecule has 5 nitrogen and oxygen atoms in total. The van der Waals surface area contributed by atoms with Crippen LogP contribution in [-0.2, 0) is 11.3 Å². The van der Waals surface area contributed by atoms with Crippen molar-refractivity contribution >= 4 is 11.5 Å². The maximum atomic E-state index is 12.9. The van der Waals surface area contributed by atoms with E-state index in [1.165, 1.54) is 11.1 Å². The predicted molar refractivity (Wildman–Crippen MR) is 116 cm³/mol. The molecule has 0 aliphatic carbocycles. The minimum Gasteiger partial charge on any atom is -0.493 e. The molecule has 1 aliphatic rings. The van der Waals surface area contributed by atoms with E-state index in [2.05, 4.69) is 35.2 Å². The Kier molecular flexibility index (Phi) is 7.30. The smallest absolute Gasteiger partial charge is 0.237 e. The van der Waals surface area contributed by atoms with E-state index < -0.39 is 0 Å². The number of likely N-dealkylation sites (N-methyl/N-ethyl adjacent to an activating group) is 1. The van der Waals surface area contributed by atoms with Crippen molar-refractivity contribution in [2.45, 2.75) is 19.9 Å². The van der Waals surface area contributed by atoms with Crippen LogP contribution in [0.25, 0.3) is 5.57 Å². The van der Waals surface area contributed by atoms with Crippen LogP contribution in [0.15, 0.2) is 54.6 Å². The average Bonchev–Trinajstić information content (AvgIpc) is 2.78. The molecular weight excluding hydrogens is 364 g/mol. The van der Waals surface area contributed by atoms with Crippen LogP contribution in [0.2, 0.25) is 0 Å². The standard InChI is InChI=1S/C24H30N2O3/c1-4-26(17-19-10-11-22(28-2)23(16-19)29-3)24(27)18-25-14-12-21(13-15-25)20-8-6-5-7-9-20/h5-12,16H,4,13-15,17-18H2,1-3H3. The molecule has 0 fully saturated rings. The Morgan fingerprint density at radius 1 is 1.07 bits per heavy atom. The summed E-state index contributed by atoms with van der Waals surface area (Å²) >= 11 is 0. The van der Waals surface area contributed by atoms with Gasteiger partial charge in [0.15, 0.2) is 11.5 Å². The minimum atomic E-state index is 0.152. The van der Waals surface area contributed by atoms with Gasteiger partial charge < -0.3 is 14.4 Å². The second kappa shape index (κ2) is 10.1. The number of benzene rings is 2. The van der Waals surface area contributed by atoms with Crippen molar-refractivity contribution in [3.8, 4) is 11.5 Å². The third kappa shape index (κ3) is 5.39. The van der Waals surface area contributed by atoms with Gasteiger partial charge in [0.25, 0.3) is 0 Å². The summed E-state index contributed by atoms with van der Waals surface area (Å²) in [6.07, 6.45) is 3.22. The molecule has 2 aromatic carbocycles. The van der Waals surface area contributed by atoms with Crippen molar-refractivity contribution in [2.75, 3.05) is 40.4 Å². The van der Waals surface area contributed by atoms with Crippen LogP contribution in [0.5, 0.6) is 11.5 Å². The molecule has 3 rings (SSSR count). The zero-order chi connectivity index (χ0) is 20.6. The first-order valence-electron chi connectivity index (χ1n) is 10.1. The van der Waals surface area contributed by atoms with E-state index in [4.69, 9.17) is 9.47 Å². The summed E-state index contributed by atoms with van der Waals surface area (Å²) in [4.78, 5) is 17.0. The molecule has 0 saturated heterocycles. The Balaban J connectivity index is 1.59. The van der Waals surface area contributed by atoms with Gasteiger partial charge in [0.05, 0.1) is 20.8 Å². The largest absolute Gasteiger partial charge is 0.493 e. The third-order valence-corrected chi connectivity index (χ3v) is 5.35. The Labute approximate surface area is 173 Å². The second-order valence-corrected chi connectivity index (χ2v) is 7.18. The van der Waals surface area contributed by atoms with E-state index in [0.29, 0.717) is 31.1 Å². The molecular formula is C24H30N2O3. The highest BCUT2D eigenvalue weighted by Crippen LogP contribution is 2.28. The number of nitrogens with zero attached hydrogens (tertiary/aromatic N) is 2. The summed E-state index contributed by atoms with van der Waals surface area (Å²) in [5.74, 6) is 1.53. The molecule has 154 valence electrons. The molecule has 0 saturated carbocycles. The van der Waals surface area contributed by atoms with Gasteiger partial charge in [-0.25, -0.2) is 0 Å². The summed E-state index contributed by atoms with van der Waals surface area (Å²) in [7, 11) is 3.24. The summed E-state index contributed by atoms with van der Waals surface area (Å²) in [5.41, 5.74) is 3.68. The zero-order valence-electron chi connectivity index (χ0n) is 17.6. The topological polar surface area (TPSA) is 42.0 Å². The average molecular weight is 395 g/mol. The Morgan fingerprint density at radius 3 is 2.45 bits per heavy atom. The van der Waals surface area contributed by atoms with Crippen LogP contribution >= 0.6 is 0 Å². The van der Waals surface area contributed by atoms with Crippen molar-refractivity contribution in [3.05, 3.63) is 65.7 Å². The van der Waals surface area contributed by atoms with Crippen LogP contribution in [0.3, 0.4) is 0 Å². The number of rotatable bonds is 8. The fourth-order valence-corrected chi connectivity index (χ4v) is 3.64. The van der Waals surface area contributed by atoms with Gasteiger partial charge in [-0.1, -0.05) is 42.5 Å². The van der Waals surface area contributed by atoms with Crippen LogP contribution in [0, 0.1) is 0 Å². The SMILES string of the molecule is CCN(Cc1ccc(OC)c(OC)c1)C(=O)CN1CC=C(c2ccccc2)CC1. The van der Waals surface area contributed by atoms with Gasteiger partial charge in [-0.15, -0.1) is 0 Å². The third-order valence-electron chi connectivity index (χ3n) is 5.35. The fraction of sp³-hybridized carbons (Fsp3) is 0.375. The number of hydrogen-bond donors (Lipinski definition) is 0. The van der Waals surface area contributed by atoms with Crippen LogP contribution < -0.4 is 9.47 Å². The first-order valence-corrected chi connectivity index (χ1v) is 10.1. The number of ether oxygens (including phenoxy) is 2. The highest BCUT2D eigenvalue weighted by Gasteiger charge is 2.19. The number of carbonyl (C=O) groups is 1. The molecule has 0 unspecified atom stereocenters. The molecule has 1 aliphatic heterocycles. The molecule has 5 heteroatoms. The van der Waals surface area contributed by atoms with E-state index in [9.17, 15) is 4.79 Å². The number of hydrogen-bond acceptors (Lipinski definition) is 4. The van der Waals surface area contributed by atoms with E-state index in [-0.39, 0.29) is 5.91 Å². The minimum absolute atomic E-state index is 0.152. The van der Waals surface area contributed by atoms with Crippen LogP contribution in [0.4, 0.5) is 0 Å². The lowest BCUT2D eigenvalue weighted by atomic mass is 9.99. The first-order chi connectivity index (χ1) is 14.1. The normalized spacial score (nSPS) is 14.2. The summed E-state index contributed by atoms with van der Waals surface area (Å²) in [5, 5.41) is 0. The Morgan fingerprint density at radius 2 is 1.83 bits per heavy atom. The molecule has 0 bridgehead atoms. The number of carbonyl (C=O) groups excluding carboxylic acids is 1. The van der Waals surface area contributed by atoms with Gasteiger partial charge in [0.1, 0.15) is 0 Å². The van der Waals surface area contributed by atoms with E-state index in [1.54, 1.807) is 14.2 Å². The molecule has 0 spiro atoms. The van der Waals surface area contributed by atoms with Crippen molar-refractivity contribution in [1.82, 2.24) is 9.80 Å². The lowest BCUT2D eigenvalue weighted by molar-refractivity contribution is -0.132. The lowest BCUT2D eigenvalue weighted by Crippen LogP contribution is -2.41. The Bertz CT molecular complexity index is 848. The van der Waals surface area contributed by atoms with E-state index in [1.807, 2.05) is 36.1 Å². The van der Waals surface area contributed by atoms with Gasteiger partial charge >= 0.3 is 0 Å². The monoisotopic (exact) mass is 394 g/mol. The maximum Gasteiger partial charge on any atom is 0.237 e. The second-order valence-electron chi connectivity index (χ2n) is 7.18. The first kappa shape index (κ1) is 20.9. The highest BCUT2D eigenvalue weighted by molar-refractivity contribution is 5.78. The summed E-state index contributed by atoms with van der Waals surface area (Å²) < 4.78 is 10.7. The van der Waals surface area contributed by atoms with Gasteiger partial charge in [-0.3, -0.25) is 9.69 Å². The van der Waals surface area contributed by atoms with Gasteiger partial charge in [0, 0.05) is 26.2 Å². The molecule has 0 aromatic heterocycles. The lowest BCUT2D eigenvalue weighted by Gasteiger charge is -2.29. The van der Waals surface area contributed by atoms with Gasteiger partial charge in [0.2, 0.25) is 5.91 Å². The van der Waals surface area contributed by atoms with Gasteiger partial charge in [-0.05, 0) is 42.2 Å². The van der Waals surface area contributed by atoms with E-state index in [0.717, 1.165) is 25.1 Å². The van der Waals surface area contributed by atoms with Crippen molar-refractivity contribution < 1.29 is 14.3 Å². The van der Waals surface area contributed by atoms with Gasteiger partial charge in [-0.2, -0.15) is 0 Å².